The highest BCUT2D eigenvalue weighted by atomic mass is 16.5. The van der Waals surface area contributed by atoms with Crippen molar-refractivity contribution in [3.05, 3.63) is 0 Å². The monoisotopic (exact) mass is 202 g/mol. The van der Waals surface area contributed by atoms with Crippen LogP contribution in [0.3, 0.4) is 0 Å². The summed E-state index contributed by atoms with van der Waals surface area (Å²) in [6.45, 7) is 2.33. The summed E-state index contributed by atoms with van der Waals surface area (Å²) in [5.74, 6) is -0.356. The predicted molar refractivity (Wildman–Crippen MR) is 51.8 cm³/mol. The summed E-state index contributed by atoms with van der Waals surface area (Å²) < 4.78 is 9.76. The number of methoxy groups -OCH3 is 2. The van der Waals surface area contributed by atoms with E-state index in [4.69, 9.17) is 10.5 Å². The number of carbonyl (C=O) groups excluding carboxylic acids is 1. The molecule has 14 heavy (non-hydrogen) atoms. The van der Waals surface area contributed by atoms with E-state index in [0.29, 0.717) is 6.54 Å². The highest BCUT2D eigenvalue weighted by Gasteiger charge is 2.25. The molecule has 2 N–H and O–H groups in total. The molecular formula is C9H18N2O3. The van der Waals surface area contributed by atoms with Gasteiger partial charge in [-0.05, 0) is 6.42 Å². The molecule has 0 aromatic heterocycles. The fourth-order valence-corrected chi connectivity index (χ4v) is 1.66. The average Bonchev–Trinajstić information content (AvgIpc) is 2.64. The van der Waals surface area contributed by atoms with Crippen molar-refractivity contribution in [3.8, 4) is 0 Å². The van der Waals surface area contributed by atoms with E-state index < -0.39 is 6.04 Å². The van der Waals surface area contributed by atoms with Crippen LogP contribution < -0.4 is 5.73 Å². The lowest BCUT2D eigenvalue weighted by atomic mass is 10.3. The Hall–Kier alpha value is -0.650. The molecule has 1 rings (SSSR count). The minimum absolute atomic E-state index is 0.278. The molecule has 1 fully saturated rings. The average molecular weight is 202 g/mol. The van der Waals surface area contributed by atoms with Crippen molar-refractivity contribution < 1.29 is 14.3 Å². The minimum atomic E-state index is -0.546. The van der Waals surface area contributed by atoms with E-state index in [1.165, 1.54) is 7.11 Å². The van der Waals surface area contributed by atoms with Gasteiger partial charge in [0.2, 0.25) is 0 Å². The SMILES string of the molecule is COC(=O)C(N)CN1CCC(OC)C1. The van der Waals surface area contributed by atoms with Gasteiger partial charge in [-0.25, -0.2) is 0 Å². The van der Waals surface area contributed by atoms with Gasteiger partial charge in [-0.2, -0.15) is 0 Å². The Balaban J connectivity index is 2.28. The molecule has 0 aliphatic carbocycles. The van der Waals surface area contributed by atoms with Crippen LogP contribution in [0.1, 0.15) is 6.42 Å². The summed E-state index contributed by atoms with van der Waals surface area (Å²) in [5, 5.41) is 0. The van der Waals surface area contributed by atoms with Gasteiger partial charge in [-0.1, -0.05) is 0 Å². The van der Waals surface area contributed by atoms with Crippen LogP contribution in [0, 0.1) is 0 Å². The van der Waals surface area contributed by atoms with Crippen molar-refractivity contribution in [2.24, 2.45) is 5.73 Å². The first-order chi connectivity index (χ1) is 6.67. The zero-order valence-electron chi connectivity index (χ0n) is 8.73. The van der Waals surface area contributed by atoms with Gasteiger partial charge in [0.1, 0.15) is 6.04 Å². The van der Waals surface area contributed by atoms with Crippen molar-refractivity contribution in [1.82, 2.24) is 4.90 Å². The molecule has 0 bridgehead atoms. The molecule has 1 heterocycles. The Morgan fingerprint density at radius 3 is 2.86 bits per heavy atom. The van der Waals surface area contributed by atoms with Crippen LogP contribution in [0.2, 0.25) is 0 Å². The van der Waals surface area contributed by atoms with Crippen LogP contribution in [0.5, 0.6) is 0 Å². The number of esters is 1. The Morgan fingerprint density at radius 1 is 1.64 bits per heavy atom. The topological polar surface area (TPSA) is 64.8 Å². The van der Waals surface area contributed by atoms with Crippen molar-refractivity contribution in [2.75, 3.05) is 33.9 Å². The third kappa shape index (κ3) is 2.94. The number of hydrogen-bond donors (Lipinski definition) is 1. The standard InChI is InChI=1S/C9H18N2O3/c1-13-7-3-4-11(5-7)6-8(10)9(12)14-2/h7-8H,3-6,10H2,1-2H3. The number of nitrogens with zero attached hydrogens (tertiary/aromatic N) is 1. The zero-order chi connectivity index (χ0) is 10.6. The maximum Gasteiger partial charge on any atom is 0.323 e. The largest absolute Gasteiger partial charge is 0.468 e. The Bertz CT molecular complexity index is 198. The molecule has 1 saturated heterocycles. The number of likely N-dealkylation sites (tertiary alicyclic amines) is 1. The molecular weight excluding hydrogens is 184 g/mol. The van der Waals surface area contributed by atoms with Crippen molar-refractivity contribution >= 4 is 5.97 Å². The van der Waals surface area contributed by atoms with Gasteiger partial charge >= 0.3 is 5.97 Å². The molecule has 0 amide bonds. The van der Waals surface area contributed by atoms with Crippen LogP contribution in [0.15, 0.2) is 0 Å². The van der Waals surface area contributed by atoms with E-state index >= 15 is 0 Å². The maximum atomic E-state index is 11.0. The van der Waals surface area contributed by atoms with E-state index in [9.17, 15) is 4.79 Å². The second-order valence-electron chi connectivity index (χ2n) is 3.54. The normalized spacial score (nSPS) is 24.9. The van der Waals surface area contributed by atoms with Gasteiger partial charge in [0.25, 0.3) is 0 Å². The molecule has 5 nitrogen and oxygen atoms in total. The summed E-state index contributed by atoms with van der Waals surface area (Å²) in [4.78, 5) is 13.2. The first-order valence-electron chi connectivity index (χ1n) is 4.76. The Kier molecular flexibility index (Phi) is 4.31. The lowest BCUT2D eigenvalue weighted by Gasteiger charge is -2.18. The lowest BCUT2D eigenvalue weighted by Crippen LogP contribution is -2.42. The zero-order valence-corrected chi connectivity index (χ0v) is 8.73. The first-order valence-corrected chi connectivity index (χ1v) is 4.76. The van der Waals surface area contributed by atoms with Crippen LogP contribution in [-0.2, 0) is 14.3 Å². The first kappa shape index (κ1) is 11.4. The number of nitrogens with two attached hydrogens (primary N) is 1. The van der Waals surface area contributed by atoms with Gasteiger partial charge in [-0.15, -0.1) is 0 Å². The van der Waals surface area contributed by atoms with E-state index in [-0.39, 0.29) is 12.1 Å². The highest BCUT2D eigenvalue weighted by Crippen LogP contribution is 2.11. The minimum Gasteiger partial charge on any atom is -0.468 e. The number of ether oxygens (including phenoxy) is 2. The summed E-state index contributed by atoms with van der Waals surface area (Å²) in [6.07, 6.45) is 1.28. The molecule has 0 aromatic rings. The maximum absolute atomic E-state index is 11.0. The molecule has 2 unspecified atom stereocenters. The smallest absolute Gasteiger partial charge is 0.323 e. The predicted octanol–water partition coefficient (Wildman–Crippen LogP) is -0.793. The van der Waals surface area contributed by atoms with Gasteiger partial charge in [0, 0.05) is 26.7 Å². The molecule has 5 heteroatoms. The summed E-state index contributed by atoms with van der Waals surface area (Å²) in [6, 6.07) is -0.546. The third-order valence-electron chi connectivity index (χ3n) is 2.52. The Labute approximate surface area is 84.1 Å². The molecule has 0 saturated carbocycles. The van der Waals surface area contributed by atoms with Gasteiger partial charge in [0.15, 0.2) is 0 Å². The van der Waals surface area contributed by atoms with Crippen LogP contribution >= 0.6 is 0 Å². The van der Waals surface area contributed by atoms with Crippen LogP contribution in [0.25, 0.3) is 0 Å². The quantitative estimate of drug-likeness (QED) is 0.605. The molecule has 0 spiro atoms. The summed E-state index contributed by atoms with van der Waals surface area (Å²) in [5.41, 5.74) is 5.64. The highest BCUT2D eigenvalue weighted by molar-refractivity contribution is 5.75. The summed E-state index contributed by atoms with van der Waals surface area (Å²) in [7, 11) is 3.05. The van der Waals surface area contributed by atoms with Gasteiger partial charge in [0.05, 0.1) is 13.2 Å². The van der Waals surface area contributed by atoms with E-state index in [1.807, 2.05) is 0 Å². The van der Waals surface area contributed by atoms with E-state index in [0.717, 1.165) is 19.5 Å². The number of hydrogen-bond acceptors (Lipinski definition) is 5. The van der Waals surface area contributed by atoms with Crippen molar-refractivity contribution in [3.63, 3.8) is 0 Å². The lowest BCUT2D eigenvalue weighted by molar-refractivity contribution is -0.142. The number of rotatable bonds is 4. The summed E-state index contributed by atoms with van der Waals surface area (Å²) >= 11 is 0. The fourth-order valence-electron chi connectivity index (χ4n) is 1.66. The molecule has 1 aliphatic rings. The molecule has 0 radical (unpaired) electrons. The number of carbonyl (C=O) groups is 1. The second kappa shape index (κ2) is 5.29. The molecule has 2 atom stereocenters. The molecule has 82 valence electrons. The fraction of sp³-hybridized carbons (Fsp3) is 0.889. The van der Waals surface area contributed by atoms with Crippen molar-refractivity contribution in [1.29, 1.82) is 0 Å². The Morgan fingerprint density at radius 2 is 2.36 bits per heavy atom. The van der Waals surface area contributed by atoms with Gasteiger partial charge < -0.3 is 15.2 Å². The van der Waals surface area contributed by atoms with Crippen LogP contribution in [0.4, 0.5) is 0 Å². The third-order valence-corrected chi connectivity index (χ3v) is 2.52. The van der Waals surface area contributed by atoms with Gasteiger partial charge in [-0.3, -0.25) is 9.69 Å². The van der Waals surface area contributed by atoms with Crippen molar-refractivity contribution in [2.45, 2.75) is 18.6 Å². The van der Waals surface area contributed by atoms with E-state index in [2.05, 4.69) is 9.64 Å². The van der Waals surface area contributed by atoms with E-state index in [1.54, 1.807) is 7.11 Å². The molecule has 1 aliphatic heterocycles. The van der Waals surface area contributed by atoms with Crippen LogP contribution in [-0.4, -0.2) is 56.9 Å². The molecule has 0 aromatic carbocycles. The second-order valence-corrected chi connectivity index (χ2v) is 3.54.